The molecule has 1 saturated carbocycles. The summed E-state index contributed by atoms with van der Waals surface area (Å²) in [4.78, 5) is 11.9. The lowest BCUT2D eigenvalue weighted by Gasteiger charge is -2.14. The summed E-state index contributed by atoms with van der Waals surface area (Å²) in [7, 11) is 0. The summed E-state index contributed by atoms with van der Waals surface area (Å²) >= 11 is 0. The van der Waals surface area contributed by atoms with E-state index >= 15 is 0 Å². The minimum atomic E-state index is -0.439. The number of ether oxygens (including phenoxy) is 2. The molecule has 0 bridgehead atoms. The second-order valence-electron chi connectivity index (χ2n) is 8.90. The number of nitrogens with zero attached hydrogens (tertiary/aromatic N) is 1. The zero-order valence-electron chi connectivity index (χ0n) is 19.0. The first-order valence-electron chi connectivity index (χ1n) is 11.5. The van der Waals surface area contributed by atoms with Crippen LogP contribution in [0.4, 0.5) is 10.5 Å². The van der Waals surface area contributed by atoms with Crippen molar-refractivity contribution in [3.63, 3.8) is 0 Å². The second kappa shape index (κ2) is 9.06. The first-order valence-corrected chi connectivity index (χ1v) is 11.5. The van der Waals surface area contributed by atoms with Gasteiger partial charge in [0.2, 0.25) is 0 Å². The third-order valence-electron chi connectivity index (χ3n) is 5.79. The van der Waals surface area contributed by atoms with Crippen molar-refractivity contribution in [3.8, 4) is 17.0 Å². The highest BCUT2D eigenvalue weighted by Gasteiger charge is 2.24. The van der Waals surface area contributed by atoms with Crippen LogP contribution in [0.15, 0.2) is 72.6 Å². The molecule has 1 fully saturated rings. The van der Waals surface area contributed by atoms with Crippen LogP contribution in [0.2, 0.25) is 0 Å². The van der Waals surface area contributed by atoms with Crippen molar-refractivity contribution >= 4 is 22.7 Å². The van der Waals surface area contributed by atoms with Crippen molar-refractivity contribution in [2.45, 2.75) is 39.3 Å². The van der Waals surface area contributed by atoms with Gasteiger partial charge in [-0.25, -0.2) is 4.79 Å². The number of aromatic nitrogens is 1. The van der Waals surface area contributed by atoms with Crippen molar-refractivity contribution in [2.75, 3.05) is 11.9 Å². The Morgan fingerprint density at radius 3 is 2.67 bits per heavy atom. The largest absolute Gasteiger partial charge is 0.447 e. The van der Waals surface area contributed by atoms with Gasteiger partial charge in [0, 0.05) is 35.9 Å². The van der Waals surface area contributed by atoms with Crippen molar-refractivity contribution in [2.24, 2.45) is 5.92 Å². The molecule has 1 aromatic heterocycles. The minimum Gasteiger partial charge on any atom is -0.447 e. The SMILES string of the molecule is CC(C)OC(=O)Nc1ccc(-c2cc3ccc(OC4=CC=CCN4)cc3n2CC2CC2)cc1. The number of hydrogen-bond acceptors (Lipinski definition) is 4. The number of nitrogens with one attached hydrogen (secondary N) is 2. The summed E-state index contributed by atoms with van der Waals surface area (Å²) in [5.74, 6) is 2.31. The molecule has 1 amide bonds. The van der Waals surface area contributed by atoms with Crippen LogP contribution in [-0.2, 0) is 11.3 Å². The monoisotopic (exact) mass is 443 g/mol. The summed E-state index contributed by atoms with van der Waals surface area (Å²) in [6.07, 6.45) is 7.95. The summed E-state index contributed by atoms with van der Waals surface area (Å²) < 4.78 is 13.6. The first-order chi connectivity index (χ1) is 16.0. The van der Waals surface area contributed by atoms with Gasteiger partial charge in [0.05, 0.1) is 11.6 Å². The first kappa shape index (κ1) is 21.2. The predicted octanol–water partition coefficient (Wildman–Crippen LogP) is 6.05. The number of rotatable bonds is 7. The molecule has 0 saturated heterocycles. The summed E-state index contributed by atoms with van der Waals surface area (Å²) in [6, 6.07) is 16.4. The van der Waals surface area contributed by atoms with Crippen molar-refractivity contribution in [1.29, 1.82) is 0 Å². The molecule has 33 heavy (non-hydrogen) atoms. The number of anilines is 1. The molecule has 0 radical (unpaired) electrons. The van der Waals surface area contributed by atoms with Crippen LogP contribution >= 0.6 is 0 Å². The van der Waals surface area contributed by atoms with E-state index in [1.807, 2.05) is 56.3 Å². The van der Waals surface area contributed by atoms with Crippen LogP contribution in [0.25, 0.3) is 22.2 Å². The van der Waals surface area contributed by atoms with Gasteiger partial charge in [-0.1, -0.05) is 24.3 Å². The van der Waals surface area contributed by atoms with Gasteiger partial charge in [-0.15, -0.1) is 0 Å². The maximum atomic E-state index is 11.9. The van der Waals surface area contributed by atoms with E-state index in [1.165, 1.54) is 29.4 Å². The van der Waals surface area contributed by atoms with E-state index in [0.717, 1.165) is 36.2 Å². The molecular formula is C27H29N3O3. The predicted molar refractivity (Wildman–Crippen MR) is 131 cm³/mol. The molecule has 5 rings (SSSR count). The van der Waals surface area contributed by atoms with Crippen LogP contribution in [0.5, 0.6) is 5.75 Å². The molecule has 2 N–H and O–H groups in total. The lowest BCUT2D eigenvalue weighted by molar-refractivity contribution is 0.130. The van der Waals surface area contributed by atoms with Crippen molar-refractivity contribution in [1.82, 2.24) is 9.88 Å². The fourth-order valence-corrected chi connectivity index (χ4v) is 4.02. The fraction of sp³-hybridized carbons (Fsp3) is 0.296. The number of amides is 1. The Morgan fingerprint density at radius 2 is 1.97 bits per heavy atom. The van der Waals surface area contributed by atoms with Gasteiger partial charge in [-0.2, -0.15) is 0 Å². The average Bonchev–Trinajstić information content (AvgIpc) is 3.55. The van der Waals surface area contributed by atoms with E-state index in [1.54, 1.807) is 0 Å². The average molecular weight is 444 g/mol. The third kappa shape index (κ3) is 5.06. The van der Waals surface area contributed by atoms with Gasteiger partial charge in [0.25, 0.3) is 0 Å². The molecule has 170 valence electrons. The molecular weight excluding hydrogens is 414 g/mol. The Morgan fingerprint density at radius 1 is 1.15 bits per heavy atom. The number of dihydropyridines is 1. The summed E-state index contributed by atoms with van der Waals surface area (Å²) in [5, 5.41) is 7.21. The fourth-order valence-electron chi connectivity index (χ4n) is 4.02. The Kier molecular flexibility index (Phi) is 5.82. The normalized spacial score (nSPS) is 15.3. The van der Waals surface area contributed by atoms with Crippen LogP contribution in [0.3, 0.4) is 0 Å². The van der Waals surface area contributed by atoms with E-state index in [0.29, 0.717) is 5.69 Å². The maximum absolute atomic E-state index is 11.9. The van der Waals surface area contributed by atoms with E-state index in [9.17, 15) is 4.79 Å². The number of carbonyl (C=O) groups is 1. The molecule has 0 unspecified atom stereocenters. The molecule has 2 aromatic carbocycles. The molecule has 1 aliphatic heterocycles. The van der Waals surface area contributed by atoms with Gasteiger partial charge < -0.3 is 19.4 Å². The molecule has 0 spiro atoms. The second-order valence-corrected chi connectivity index (χ2v) is 8.90. The molecule has 0 atom stereocenters. The minimum absolute atomic E-state index is 0.155. The Balaban J connectivity index is 1.43. The smallest absolute Gasteiger partial charge is 0.411 e. The van der Waals surface area contributed by atoms with Gasteiger partial charge in [-0.05, 0) is 74.6 Å². The quantitative estimate of drug-likeness (QED) is 0.466. The van der Waals surface area contributed by atoms with E-state index in [4.69, 9.17) is 9.47 Å². The number of carbonyl (C=O) groups excluding carboxylic acids is 1. The highest BCUT2D eigenvalue weighted by molar-refractivity contribution is 5.89. The number of fused-ring (bicyclic) bond motifs is 1. The number of allylic oxidation sites excluding steroid dienone is 2. The Bertz CT molecular complexity index is 1220. The lowest BCUT2D eigenvalue weighted by Crippen LogP contribution is -2.19. The van der Waals surface area contributed by atoms with Gasteiger partial charge in [0.1, 0.15) is 5.75 Å². The lowest BCUT2D eigenvalue weighted by atomic mass is 10.1. The van der Waals surface area contributed by atoms with Gasteiger partial charge >= 0.3 is 6.09 Å². The van der Waals surface area contributed by atoms with Crippen LogP contribution in [0.1, 0.15) is 26.7 Å². The van der Waals surface area contributed by atoms with Gasteiger partial charge in [-0.3, -0.25) is 5.32 Å². The summed E-state index contributed by atoms with van der Waals surface area (Å²) in [6.45, 7) is 5.43. The van der Waals surface area contributed by atoms with E-state index in [2.05, 4.69) is 39.5 Å². The highest BCUT2D eigenvalue weighted by Crippen LogP contribution is 2.37. The zero-order valence-corrected chi connectivity index (χ0v) is 19.0. The molecule has 6 nitrogen and oxygen atoms in total. The highest BCUT2D eigenvalue weighted by atomic mass is 16.6. The molecule has 2 aliphatic rings. The molecule has 6 heteroatoms. The van der Waals surface area contributed by atoms with Crippen molar-refractivity contribution < 1.29 is 14.3 Å². The van der Waals surface area contributed by atoms with Gasteiger partial charge in [0.15, 0.2) is 5.88 Å². The van der Waals surface area contributed by atoms with Crippen molar-refractivity contribution in [3.05, 3.63) is 72.6 Å². The van der Waals surface area contributed by atoms with Crippen LogP contribution < -0.4 is 15.4 Å². The standard InChI is InChI=1S/C27H29N3O3/c1-18(2)32-27(31)29-22-11-8-20(9-12-22)24-15-21-10-13-23(33-26-5-3-4-14-28-26)16-25(21)30(24)17-19-6-7-19/h3-5,8-13,15-16,18-19,28H,6-7,14,17H2,1-2H3,(H,29,31). The van der Waals surface area contributed by atoms with E-state index < -0.39 is 6.09 Å². The number of benzene rings is 2. The third-order valence-corrected chi connectivity index (χ3v) is 5.79. The molecule has 1 aliphatic carbocycles. The van der Waals surface area contributed by atoms with E-state index in [-0.39, 0.29) is 6.10 Å². The molecule has 3 aromatic rings. The topological polar surface area (TPSA) is 64.5 Å². The summed E-state index contributed by atoms with van der Waals surface area (Å²) in [5.41, 5.74) is 4.17. The zero-order chi connectivity index (χ0) is 22.8. The Hall–Kier alpha value is -3.67. The number of hydrogen-bond donors (Lipinski definition) is 2. The van der Waals surface area contributed by atoms with Crippen LogP contribution in [-0.4, -0.2) is 23.3 Å². The Labute approximate surface area is 193 Å². The van der Waals surface area contributed by atoms with Crippen LogP contribution in [0, 0.1) is 5.92 Å². The molecule has 2 heterocycles. The maximum Gasteiger partial charge on any atom is 0.411 e.